The molecule has 1 aliphatic heterocycles. The number of nitrogens with zero attached hydrogens (tertiary/aromatic N) is 6. The van der Waals surface area contributed by atoms with Gasteiger partial charge in [-0.2, -0.15) is 10.2 Å². The Bertz CT molecular complexity index is 724. The number of aliphatic imine (C=N–C) groups is 1. The Morgan fingerprint density at radius 2 is 2.37 bits per heavy atom. The minimum Gasteiger partial charge on any atom is -0.377 e. The van der Waals surface area contributed by atoms with Crippen molar-refractivity contribution in [2.45, 2.75) is 52.4 Å². The summed E-state index contributed by atoms with van der Waals surface area (Å²) in [5.41, 5.74) is 0. The third kappa shape index (κ3) is 5.53. The van der Waals surface area contributed by atoms with E-state index in [2.05, 4.69) is 39.7 Å². The summed E-state index contributed by atoms with van der Waals surface area (Å²) in [5, 5.41) is 15.7. The second kappa shape index (κ2) is 9.50. The summed E-state index contributed by atoms with van der Waals surface area (Å²) in [6, 6.07) is 2.23. The smallest absolute Gasteiger partial charge is 0.191 e. The monoisotopic (exact) mass is 374 g/mol. The second-order valence-electron chi connectivity index (χ2n) is 6.99. The molecule has 0 fully saturated rings. The van der Waals surface area contributed by atoms with Gasteiger partial charge in [-0.05, 0) is 25.3 Å². The van der Waals surface area contributed by atoms with Crippen LogP contribution in [0, 0.1) is 5.92 Å². The zero-order chi connectivity index (χ0) is 19.1. The number of rotatable bonds is 8. The third-order valence-electron chi connectivity index (χ3n) is 4.48. The number of fused-ring (bicyclic) bond motifs is 1. The van der Waals surface area contributed by atoms with Crippen molar-refractivity contribution in [2.75, 3.05) is 20.2 Å². The van der Waals surface area contributed by atoms with E-state index in [1.54, 1.807) is 13.3 Å². The van der Waals surface area contributed by atoms with E-state index in [1.165, 1.54) is 0 Å². The van der Waals surface area contributed by atoms with Crippen LogP contribution in [-0.4, -0.2) is 56.7 Å². The molecule has 2 unspecified atom stereocenters. The van der Waals surface area contributed by atoms with Crippen LogP contribution in [0.4, 0.5) is 0 Å². The van der Waals surface area contributed by atoms with Gasteiger partial charge in [-0.3, -0.25) is 9.67 Å². The number of nitrogens with one attached hydrogen (secondary N) is 2. The van der Waals surface area contributed by atoms with Gasteiger partial charge >= 0.3 is 0 Å². The fourth-order valence-corrected chi connectivity index (χ4v) is 3.21. The van der Waals surface area contributed by atoms with Crippen LogP contribution in [0.25, 0.3) is 0 Å². The molecule has 0 radical (unpaired) electrons. The quantitative estimate of drug-likeness (QED) is 0.525. The van der Waals surface area contributed by atoms with Gasteiger partial charge in [0.05, 0.1) is 6.54 Å². The molecule has 0 saturated heterocycles. The molecule has 2 atom stereocenters. The van der Waals surface area contributed by atoms with Crippen LogP contribution in [0.1, 0.15) is 31.9 Å². The van der Waals surface area contributed by atoms with Crippen LogP contribution in [0.5, 0.6) is 0 Å². The van der Waals surface area contributed by atoms with Crippen molar-refractivity contribution in [1.82, 2.24) is 35.2 Å². The van der Waals surface area contributed by atoms with Crippen LogP contribution >= 0.6 is 0 Å². The maximum atomic E-state index is 5.13. The predicted molar refractivity (Wildman–Crippen MR) is 103 cm³/mol. The van der Waals surface area contributed by atoms with Crippen LogP contribution in [-0.2, 0) is 30.9 Å². The topological polar surface area (TPSA) is 94.2 Å². The molecule has 9 heteroatoms. The molecule has 0 saturated carbocycles. The lowest BCUT2D eigenvalue weighted by molar-refractivity contribution is 0.177. The number of aromatic nitrogens is 5. The van der Waals surface area contributed by atoms with Crippen molar-refractivity contribution in [3.8, 4) is 0 Å². The lowest BCUT2D eigenvalue weighted by Crippen LogP contribution is -2.47. The standard InChI is InChI=1S/C18H30N8O/c1-4-19-18(20-10-14(2)11-25-9-5-8-21-25)22-15-6-7-17-23-16(13-27-3)24-26(17)12-15/h5,8-9,14-15H,4,6-7,10-13H2,1-3H3,(H2,19,20,22). The van der Waals surface area contributed by atoms with E-state index in [1.807, 2.05) is 21.6 Å². The van der Waals surface area contributed by atoms with E-state index in [0.29, 0.717) is 12.5 Å². The third-order valence-corrected chi connectivity index (χ3v) is 4.48. The van der Waals surface area contributed by atoms with E-state index in [4.69, 9.17) is 9.73 Å². The molecule has 0 aliphatic carbocycles. The lowest BCUT2D eigenvalue weighted by Gasteiger charge is -2.25. The van der Waals surface area contributed by atoms with Gasteiger partial charge in [-0.25, -0.2) is 9.67 Å². The number of hydrogen-bond donors (Lipinski definition) is 2. The molecule has 27 heavy (non-hydrogen) atoms. The van der Waals surface area contributed by atoms with Gasteiger partial charge in [-0.1, -0.05) is 6.92 Å². The van der Waals surface area contributed by atoms with Crippen LogP contribution in [0.15, 0.2) is 23.5 Å². The molecule has 0 spiro atoms. The van der Waals surface area contributed by atoms with E-state index >= 15 is 0 Å². The molecule has 2 N–H and O–H groups in total. The molecule has 9 nitrogen and oxygen atoms in total. The van der Waals surface area contributed by atoms with E-state index < -0.39 is 0 Å². The number of ether oxygens (including phenoxy) is 1. The molecule has 0 aromatic carbocycles. The number of methoxy groups -OCH3 is 1. The highest BCUT2D eigenvalue weighted by Gasteiger charge is 2.22. The van der Waals surface area contributed by atoms with E-state index in [0.717, 1.165) is 56.6 Å². The van der Waals surface area contributed by atoms with Gasteiger partial charge in [0.1, 0.15) is 12.4 Å². The number of aryl methyl sites for hydroxylation is 1. The Labute approximate surface area is 160 Å². The maximum Gasteiger partial charge on any atom is 0.191 e. The second-order valence-corrected chi connectivity index (χ2v) is 6.99. The zero-order valence-electron chi connectivity index (χ0n) is 16.4. The first kappa shape index (κ1) is 19.3. The normalized spacial score (nSPS) is 18.2. The molecule has 3 rings (SSSR count). The Kier molecular flexibility index (Phi) is 6.80. The average molecular weight is 374 g/mol. The van der Waals surface area contributed by atoms with Crippen LogP contribution in [0.3, 0.4) is 0 Å². The first-order valence-corrected chi connectivity index (χ1v) is 9.61. The van der Waals surface area contributed by atoms with Gasteiger partial charge in [0, 0.05) is 51.6 Å². The Balaban J connectivity index is 1.55. The molecule has 3 heterocycles. The van der Waals surface area contributed by atoms with Crippen LogP contribution < -0.4 is 10.6 Å². The van der Waals surface area contributed by atoms with Crippen molar-refractivity contribution in [2.24, 2.45) is 10.9 Å². The predicted octanol–water partition coefficient (Wildman–Crippen LogP) is 0.827. The van der Waals surface area contributed by atoms with Gasteiger partial charge in [-0.15, -0.1) is 0 Å². The molecule has 148 valence electrons. The van der Waals surface area contributed by atoms with Gasteiger partial charge < -0.3 is 15.4 Å². The van der Waals surface area contributed by atoms with Gasteiger partial charge in [0.25, 0.3) is 0 Å². The fourth-order valence-electron chi connectivity index (χ4n) is 3.21. The zero-order valence-corrected chi connectivity index (χ0v) is 16.4. The van der Waals surface area contributed by atoms with Crippen molar-refractivity contribution < 1.29 is 4.74 Å². The molecule has 0 amide bonds. The summed E-state index contributed by atoms with van der Waals surface area (Å²) < 4.78 is 9.07. The average Bonchev–Trinajstić information content (AvgIpc) is 3.29. The van der Waals surface area contributed by atoms with E-state index in [9.17, 15) is 0 Å². The molecule has 0 bridgehead atoms. The Morgan fingerprint density at radius 1 is 1.48 bits per heavy atom. The summed E-state index contributed by atoms with van der Waals surface area (Å²) in [4.78, 5) is 9.30. The van der Waals surface area contributed by atoms with Crippen LogP contribution in [0.2, 0.25) is 0 Å². The summed E-state index contributed by atoms with van der Waals surface area (Å²) >= 11 is 0. The first-order valence-electron chi connectivity index (χ1n) is 9.61. The highest BCUT2D eigenvalue weighted by molar-refractivity contribution is 5.80. The maximum absolute atomic E-state index is 5.13. The number of hydrogen-bond acceptors (Lipinski definition) is 5. The molecule has 2 aromatic heterocycles. The summed E-state index contributed by atoms with van der Waals surface area (Å²) in [5.74, 6) is 3.05. The molecular formula is C18H30N8O. The highest BCUT2D eigenvalue weighted by Crippen LogP contribution is 2.13. The molecule has 2 aromatic rings. The summed E-state index contributed by atoms with van der Waals surface area (Å²) in [6.45, 7) is 7.96. The largest absolute Gasteiger partial charge is 0.377 e. The minimum atomic E-state index is 0.286. The fraction of sp³-hybridized carbons (Fsp3) is 0.667. The van der Waals surface area contributed by atoms with E-state index in [-0.39, 0.29) is 6.04 Å². The summed E-state index contributed by atoms with van der Waals surface area (Å²) in [6.07, 6.45) is 5.71. The molecular weight excluding hydrogens is 344 g/mol. The van der Waals surface area contributed by atoms with Crippen molar-refractivity contribution in [1.29, 1.82) is 0 Å². The Morgan fingerprint density at radius 3 is 3.11 bits per heavy atom. The van der Waals surface area contributed by atoms with Gasteiger partial charge in [0.2, 0.25) is 0 Å². The molecule has 1 aliphatic rings. The van der Waals surface area contributed by atoms with Crippen molar-refractivity contribution in [3.63, 3.8) is 0 Å². The minimum absolute atomic E-state index is 0.286. The summed E-state index contributed by atoms with van der Waals surface area (Å²) in [7, 11) is 1.66. The SMILES string of the molecule is CCNC(=NCC(C)Cn1cccn1)NC1CCc2nc(COC)nn2C1. The Hall–Kier alpha value is -2.42. The van der Waals surface area contributed by atoms with Crippen molar-refractivity contribution >= 4 is 5.96 Å². The van der Waals surface area contributed by atoms with Crippen molar-refractivity contribution in [3.05, 3.63) is 30.1 Å². The van der Waals surface area contributed by atoms with Gasteiger partial charge in [0.15, 0.2) is 11.8 Å². The first-order chi connectivity index (χ1) is 13.2. The number of guanidine groups is 1. The lowest BCUT2D eigenvalue weighted by atomic mass is 10.1. The highest BCUT2D eigenvalue weighted by atomic mass is 16.5.